The van der Waals surface area contributed by atoms with Gasteiger partial charge in [-0.3, -0.25) is 4.79 Å². The highest BCUT2D eigenvalue weighted by molar-refractivity contribution is 5.85. The number of hydrogen-bond donors (Lipinski definition) is 2. The van der Waals surface area contributed by atoms with Gasteiger partial charge in [-0.15, -0.1) is 0 Å². The summed E-state index contributed by atoms with van der Waals surface area (Å²) >= 11 is 0. The molecule has 1 saturated carbocycles. The molecule has 4 nitrogen and oxygen atoms in total. The molecule has 20 heavy (non-hydrogen) atoms. The Bertz CT molecular complexity index is 543. The number of anilines is 1. The van der Waals surface area contributed by atoms with Crippen LogP contribution < -0.4 is 16.4 Å². The highest BCUT2D eigenvalue weighted by Gasteiger charge is 2.43. The fraction of sp³-hybridized carbons (Fsp3) is 0.562. The van der Waals surface area contributed by atoms with Crippen LogP contribution in [0.4, 0.5) is 5.69 Å². The van der Waals surface area contributed by atoms with E-state index in [1.807, 2.05) is 0 Å². The number of aryl methyl sites for hydroxylation is 2. The zero-order valence-electron chi connectivity index (χ0n) is 12.1. The van der Waals surface area contributed by atoms with Crippen LogP contribution in [0, 0.1) is 6.92 Å². The number of hydrogen-bond acceptors (Lipinski definition) is 3. The van der Waals surface area contributed by atoms with E-state index in [1.54, 1.807) is 0 Å². The number of nitrogens with zero attached hydrogens (tertiary/aromatic N) is 1. The van der Waals surface area contributed by atoms with Gasteiger partial charge >= 0.3 is 0 Å². The molecule has 108 valence electrons. The Morgan fingerprint density at radius 2 is 2.25 bits per heavy atom. The maximum atomic E-state index is 11.5. The average molecular weight is 273 g/mol. The molecule has 1 aliphatic carbocycles. The normalized spacial score (nSPS) is 29.3. The summed E-state index contributed by atoms with van der Waals surface area (Å²) in [4.78, 5) is 14.0. The number of carbonyl (C=O) groups is 1. The molecule has 3 rings (SSSR count). The maximum Gasteiger partial charge on any atom is 0.237 e. The topological polar surface area (TPSA) is 72.3 Å². The molecule has 1 aromatic carbocycles. The first kappa shape index (κ1) is 13.4. The first-order chi connectivity index (χ1) is 9.49. The molecule has 1 heterocycles. The second kappa shape index (κ2) is 4.77. The Balaban J connectivity index is 1.85. The molecule has 1 aromatic rings. The Hall–Kier alpha value is -1.55. The molecule has 2 unspecified atom stereocenters. The van der Waals surface area contributed by atoms with Crippen LogP contribution in [0.1, 0.15) is 36.8 Å². The molecule has 4 heteroatoms. The molecule has 0 radical (unpaired) electrons. The van der Waals surface area contributed by atoms with E-state index in [2.05, 4.69) is 30.0 Å². The van der Waals surface area contributed by atoms with Gasteiger partial charge in [0, 0.05) is 18.3 Å². The molecule has 0 aromatic heterocycles. The molecular weight excluding hydrogens is 250 g/mol. The van der Waals surface area contributed by atoms with Crippen LogP contribution in [0.15, 0.2) is 18.2 Å². The van der Waals surface area contributed by atoms with E-state index in [-0.39, 0.29) is 5.91 Å². The third kappa shape index (κ3) is 2.18. The standard InChI is InChI=1S/C16H23N3O/c1-11-4-5-14-12(9-11)3-2-8-19(14)13-6-7-16(18,10-13)15(17)20/h4-5,9,13H,2-3,6-8,10,18H2,1H3,(H2,17,20). The van der Waals surface area contributed by atoms with E-state index in [9.17, 15) is 4.79 Å². The molecule has 1 aliphatic heterocycles. The monoisotopic (exact) mass is 273 g/mol. The van der Waals surface area contributed by atoms with Crippen molar-refractivity contribution in [2.24, 2.45) is 11.5 Å². The highest BCUT2D eigenvalue weighted by atomic mass is 16.1. The van der Waals surface area contributed by atoms with Crippen molar-refractivity contribution in [3.8, 4) is 0 Å². The summed E-state index contributed by atoms with van der Waals surface area (Å²) in [6.07, 6.45) is 4.64. The summed E-state index contributed by atoms with van der Waals surface area (Å²) in [6, 6.07) is 7.00. The number of rotatable bonds is 2. The van der Waals surface area contributed by atoms with Gasteiger partial charge in [0.15, 0.2) is 0 Å². The lowest BCUT2D eigenvalue weighted by molar-refractivity contribution is -0.122. The van der Waals surface area contributed by atoms with E-state index < -0.39 is 5.54 Å². The summed E-state index contributed by atoms with van der Waals surface area (Å²) in [5.74, 6) is -0.360. The van der Waals surface area contributed by atoms with Crippen LogP contribution >= 0.6 is 0 Å². The van der Waals surface area contributed by atoms with Gasteiger partial charge in [0.25, 0.3) is 0 Å². The minimum absolute atomic E-state index is 0.342. The number of nitrogens with two attached hydrogens (primary N) is 2. The van der Waals surface area contributed by atoms with Gasteiger partial charge in [0.2, 0.25) is 5.91 Å². The van der Waals surface area contributed by atoms with Crippen LogP contribution in [-0.2, 0) is 11.2 Å². The summed E-state index contributed by atoms with van der Waals surface area (Å²) in [5, 5.41) is 0. The minimum Gasteiger partial charge on any atom is -0.368 e. The van der Waals surface area contributed by atoms with Gasteiger partial charge < -0.3 is 16.4 Å². The van der Waals surface area contributed by atoms with Crippen molar-refractivity contribution < 1.29 is 4.79 Å². The van der Waals surface area contributed by atoms with Crippen molar-refractivity contribution in [3.05, 3.63) is 29.3 Å². The number of fused-ring (bicyclic) bond motifs is 1. The summed E-state index contributed by atoms with van der Waals surface area (Å²) < 4.78 is 0. The molecule has 0 spiro atoms. The Morgan fingerprint density at radius 1 is 1.45 bits per heavy atom. The predicted octanol–water partition coefficient (Wildman–Crippen LogP) is 1.48. The maximum absolute atomic E-state index is 11.5. The zero-order chi connectivity index (χ0) is 14.3. The average Bonchev–Trinajstić information content (AvgIpc) is 2.81. The van der Waals surface area contributed by atoms with Crippen LogP contribution in [-0.4, -0.2) is 24.0 Å². The van der Waals surface area contributed by atoms with E-state index in [4.69, 9.17) is 11.5 Å². The first-order valence-electron chi connectivity index (χ1n) is 7.44. The molecule has 0 saturated heterocycles. The van der Waals surface area contributed by atoms with Gasteiger partial charge in [-0.2, -0.15) is 0 Å². The molecular formula is C16H23N3O. The second-order valence-corrected chi connectivity index (χ2v) is 6.35. The fourth-order valence-corrected chi connectivity index (χ4v) is 3.67. The van der Waals surface area contributed by atoms with Crippen molar-refractivity contribution in [1.29, 1.82) is 0 Å². The van der Waals surface area contributed by atoms with Crippen molar-refractivity contribution >= 4 is 11.6 Å². The van der Waals surface area contributed by atoms with Crippen molar-refractivity contribution in [3.63, 3.8) is 0 Å². The van der Waals surface area contributed by atoms with Crippen LogP contribution in [0.25, 0.3) is 0 Å². The van der Waals surface area contributed by atoms with Crippen LogP contribution in [0.3, 0.4) is 0 Å². The molecule has 2 atom stereocenters. The Kier molecular flexibility index (Phi) is 3.21. The fourth-order valence-electron chi connectivity index (χ4n) is 3.67. The lowest BCUT2D eigenvalue weighted by Gasteiger charge is -2.37. The second-order valence-electron chi connectivity index (χ2n) is 6.35. The zero-order valence-corrected chi connectivity index (χ0v) is 12.1. The van der Waals surface area contributed by atoms with Gasteiger partial charge in [-0.05, 0) is 50.7 Å². The molecule has 0 bridgehead atoms. The van der Waals surface area contributed by atoms with E-state index in [0.717, 1.165) is 19.4 Å². The summed E-state index contributed by atoms with van der Waals surface area (Å²) in [5.41, 5.74) is 14.8. The van der Waals surface area contributed by atoms with E-state index in [0.29, 0.717) is 18.9 Å². The number of amides is 1. The molecule has 4 N–H and O–H groups in total. The largest absolute Gasteiger partial charge is 0.368 e. The van der Waals surface area contributed by atoms with Crippen molar-refractivity contribution in [2.75, 3.05) is 11.4 Å². The van der Waals surface area contributed by atoms with Gasteiger partial charge in [0.05, 0.1) is 5.54 Å². The minimum atomic E-state index is -0.813. The number of carbonyl (C=O) groups excluding carboxylic acids is 1. The molecule has 1 amide bonds. The van der Waals surface area contributed by atoms with Crippen LogP contribution in [0.5, 0.6) is 0 Å². The SMILES string of the molecule is Cc1ccc2c(c1)CCCN2C1CCC(N)(C(N)=O)C1. The van der Waals surface area contributed by atoms with Gasteiger partial charge in [-0.25, -0.2) is 0 Å². The predicted molar refractivity (Wildman–Crippen MR) is 80.6 cm³/mol. The summed E-state index contributed by atoms with van der Waals surface area (Å²) in [7, 11) is 0. The van der Waals surface area contributed by atoms with Crippen LogP contribution in [0.2, 0.25) is 0 Å². The Morgan fingerprint density at radius 3 is 2.95 bits per heavy atom. The third-order valence-electron chi connectivity index (χ3n) is 4.84. The highest BCUT2D eigenvalue weighted by Crippen LogP contribution is 2.37. The van der Waals surface area contributed by atoms with Crippen molar-refractivity contribution in [1.82, 2.24) is 0 Å². The van der Waals surface area contributed by atoms with E-state index in [1.165, 1.54) is 23.2 Å². The summed E-state index contributed by atoms with van der Waals surface area (Å²) in [6.45, 7) is 3.18. The quantitative estimate of drug-likeness (QED) is 0.857. The first-order valence-corrected chi connectivity index (χ1v) is 7.44. The van der Waals surface area contributed by atoms with Gasteiger partial charge in [0.1, 0.15) is 0 Å². The van der Waals surface area contributed by atoms with E-state index >= 15 is 0 Å². The lowest BCUT2D eigenvalue weighted by Crippen LogP contribution is -2.51. The smallest absolute Gasteiger partial charge is 0.237 e. The molecule has 2 aliphatic rings. The van der Waals surface area contributed by atoms with Gasteiger partial charge in [-0.1, -0.05) is 17.7 Å². The molecule has 1 fully saturated rings. The lowest BCUT2D eigenvalue weighted by atomic mass is 9.95. The third-order valence-corrected chi connectivity index (χ3v) is 4.84. The van der Waals surface area contributed by atoms with Crippen molar-refractivity contribution in [2.45, 2.75) is 50.6 Å². The number of primary amides is 1. The number of benzene rings is 1. The Labute approximate surface area is 120 Å².